The molecule has 21 heavy (non-hydrogen) atoms. The number of hydrogen-bond acceptors (Lipinski definition) is 2. The predicted octanol–water partition coefficient (Wildman–Crippen LogP) is 4.25. The third-order valence-corrected chi connectivity index (χ3v) is 6.20. The van der Waals surface area contributed by atoms with Crippen molar-refractivity contribution in [2.24, 2.45) is 23.2 Å². The first-order valence-electron chi connectivity index (χ1n) is 8.37. The third kappa shape index (κ3) is 2.23. The van der Waals surface area contributed by atoms with Crippen LogP contribution >= 0.6 is 0 Å². The molecule has 0 aromatic heterocycles. The van der Waals surface area contributed by atoms with Crippen LogP contribution in [-0.4, -0.2) is 12.1 Å². The number of hydrogen-bond donors (Lipinski definition) is 0. The van der Waals surface area contributed by atoms with E-state index >= 15 is 0 Å². The quantitative estimate of drug-likeness (QED) is 0.561. The molecule has 0 spiro atoms. The minimum atomic E-state index is -0.252. The van der Waals surface area contributed by atoms with Gasteiger partial charge in [0, 0.05) is 11.8 Å². The van der Waals surface area contributed by atoms with Gasteiger partial charge < -0.3 is 0 Å². The molecule has 1 fully saturated rings. The summed E-state index contributed by atoms with van der Waals surface area (Å²) in [5.41, 5.74) is 3.64. The van der Waals surface area contributed by atoms with Crippen LogP contribution in [0.3, 0.4) is 0 Å². The minimum absolute atomic E-state index is 0.252. The van der Waals surface area contributed by atoms with Crippen LogP contribution in [-0.2, 0) is 9.59 Å². The summed E-state index contributed by atoms with van der Waals surface area (Å²) in [7, 11) is 0. The van der Waals surface area contributed by atoms with Crippen molar-refractivity contribution < 1.29 is 9.59 Å². The summed E-state index contributed by atoms with van der Waals surface area (Å²) in [4.78, 5) is 23.9. The Morgan fingerprint density at radius 3 is 2.76 bits per heavy atom. The number of rotatable bonds is 2. The molecule has 2 heteroatoms. The van der Waals surface area contributed by atoms with Gasteiger partial charge in [0.15, 0.2) is 0 Å². The summed E-state index contributed by atoms with van der Waals surface area (Å²) >= 11 is 0. The molecule has 0 amide bonds. The zero-order valence-electron chi connectivity index (χ0n) is 13.4. The second-order valence-corrected chi connectivity index (χ2v) is 7.61. The molecule has 0 N–H and O–H groups in total. The summed E-state index contributed by atoms with van der Waals surface area (Å²) in [5, 5.41) is 0. The van der Waals surface area contributed by atoms with Crippen molar-refractivity contribution in [3.8, 4) is 0 Å². The van der Waals surface area contributed by atoms with E-state index in [1.807, 2.05) is 6.08 Å². The second kappa shape index (κ2) is 5.23. The number of allylic oxidation sites excluding steroid dienone is 4. The van der Waals surface area contributed by atoms with Crippen LogP contribution in [0.4, 0.5) is 0 Å². The van der Waals surface area contributed by atoms with Crippen molar-refractivity contribution >= 4 is 12.1 Å². The topological polar surface area (TPSA) is 34.1 Å². The molecule has 3 atom stereocenters. The van der Waals surface area contributed by atoms with Gasteiger partial charge in [-0.05, 0) is 55.4 Å². The zero-order valence-corrected chi connectivity index (χ0v) is 13.4. The molecular weight excluding hydrogens is 260 g/mol. The van der Waals surface area contributed by atoms with Crippen LogP contribution in [0.25, 0.3) is 0 Å². The van der Waals surface area contributed by atoms with Crippen LogP contribution in [0.5, 0.6) is 0 Å². The highest BCUT2D eigenvalue weighted by molar-refractivity contribution is 5.93. The van der Waals surface area contributed by atoms with Crippen molar-refractivity contribution in [2.45, 2.75) is 59.3 Å². The van der Waals surface area contributed by atoms with E-state index in [0.717, 1.165) is 25.5 Å². The summed E-state index contributed by atoms with van der Waals surface area (Å²) in [6, 6.07) is 0. The Labute approximate surface area is 127 Å². The van der Waals surface area contributed by atoms with Crippen molar-refractivity contribution in [3.63, 3.8) is 0 Å². The average Bonchev–Trinajstić information content (AvgIpc) is 2.83. The Morgan fingerprint density at radius 1 is 1.33 bits per heavy atom. The molecule has 114 valence electrons. The maximum atomic E-state index is 12.8. The Morgan fingerprint density at radius 2 is 2.10 bits per heavy atom. The van der Waals surface area contributed by atoms with Crippen molar-refractivity contribution in [3.05, 3.63) is 22.8 Å². The second-order valence-electron chi connectivity index (χ2n) is 7.61. The maximum absolute atomic E-state index is 12.8. The highest BCUT2D eigenvalue weighted by atomic mass is 16.1. The number of fused-ring (bicyclic) bond motifs is 3. The third-order valence-electron chi connectivity index (χ3n) is 6.20. The first-order valence-corrected chi connectivity index (χ1v) is 8.37. The molecule has 0 saturated heterocycles. The fourth-order valence-electron chi connectivity index (χ4n) is 4.85. The minimum Gasteiger partial charge on any atom is -0.299 e. The predicted molar refractivity (Wildman–Crippen MR) is 83.8 cm³/mol. The van der Waals surface area contributed by atoms with Gasteiger partial charge in [0.1, 0.15) is 12.1 Å². The number of aldehydes is 1. The monoisotopic (exact) mass is 286 g/mol. The van der Waals surface area contributed by atoms with Crippen LogP contribution in [0.1, 0.15) is 59.3 Å². The van der Waals surface area contributed by atoms with Gasteiger partial charge in [0.05, 0.1) is 0 Å². The highest BCUT2D eigenvalue weighted by Gasteiger charge is 2.50. The number of carbonyl (C=O) groups excluding carboxylic acids is 2. The fraction of sp³-hybridized carbons (Fsp3) is 0.684. The van der Waals surface area contributed by atoms with E-state index in [2.05, 4.69) is 20.8 Å². The molecule has 0 heterocycles. The lowest BCUT2D eigenvalue weighted by atomic mass is 9.59. The molecule has 0 aromatic carbocycles. The molecule has 3 aliphatic rings. The fourth-order valence-corrected chi connectivity index (χ4v) is 4.85. The maximum Gasteiger partial charge on any atom is 0.146 e. The molecule has 1 saturated carbocycles. The van der Waals surface area contributed by atoms with Gasteiger partial charge in [-0.1, -0.05) is 38.0 Å². The Kier molecular flexibility index (Phi) is 3.67. The highest BCUT2D eigenvalue weighted by Crippen LogP contribution is 2.56. The van der Waals surface area contributed by atoms with Gasteiger partial charge in [-0.15, -0.1) is 0 Å². The number of carbonyl (C=O) groups is 2. The molecule has 0 radical (unpaired) electrons. The summed E-state index contributed by atoms with van der Waals surface area (Å²) in [6.07, 6.45) is 8.76. The molecule has 3 unspecified atom stereocenters. The largest absolute Gasteiger partial charge is 0.299 e. The van der Waals surface area contributed by atoms with Crippen molar-refractivity contribution in [1.82, 2.24) is 0 Å². The summed E-state index contributed by atoms with van der Waals surface area (Å²) in [6.45, 7) is 6.71. The Hall–Kier alpha value is -1.18. The Balaban J connectivity index is 2.07. The zero-order chi connectivity index (χ0) is 15.2. The standard InChI is InChI=1S/C19H26O2/c1-12(2)15-6-5-14-8-9-19(3)16(18(14)15)7-4-13(11-20)10-17(19)21/h4,11-12,14,16H,5-10H2,1-3H3. The lowest BCUT2D eigenvalue weighted by Crippen LogP contribution is -2.41. The molecule has 3 rings (SSSR count). The molecule has 3 aliphatic carbocycles. The van der Waals surface area contributed by atoms with E-state index in [4.69, 9.17) is 0 Å². The summed E-state index contributed by atoms with van der Waals surface area (Å²) in [5.74, 6) is 1.89. The number of Topliss-reactive ketones (excluding diaryl/α,β-unsaturated/α-hetero) is 1. The lowest BCUT2D eigenvalue weighted by Gasteiger charge is -2.44. The van der Waals surface area contributed by atoms with Gasteiger partial charge in [-0.2, -0.15) is 0 Å². The molecular formula is C19H26O2. The van der Waals surface area contributed by atoms with Crippen molar-refractivity contribution in [2.75, 3.05) is 0 Å². The van der Waals surface area contributed by atoms with Gasteiger partial charge in [0.25, 0.3) is 0 Å². The first kappa shape index (κ1) is 14.7. The van der Waals surface area contributed by atoms with E-state index in [-0.39, 0.29) is 11.2 Å². The molecule has 0 aromatic rings. The first-order chi connectivity index (χ1) is 9.97. The van der Waals surface area contributed by atoms with E-state index < -0.39 is 0 Å². The SMILES string of the molecule is CC(C)C1=C2C(CC1)CCC1(C)C(=O)CC(C=O)=CCC21. The van der Waals surface area contributed by atoms with Crippen LogP contribution in [0.15, 0.2) is 22.8 Å². The molecule has 2 nitrogen and oxygen atoms in total. The van der Waals surface area contributed by atoms with Gasteiger partial charge in [-0.25, -0.2) is 0 Å². The van der Waals surface area contributed by atoms with E-state index in [9.17, 15) is 9.59 Å². The normalized spacial score (nSPS) is 36.2. The van der Waals surface area contributed by atoms with Crippen molar-refractivity contribution in [1.29, 1.82) is 0 Å². The Bertz CT molecular complexity index is 538. The smallest absolute Gasteiger partial charge is 0.146 e. The van der Waals surface area contributed by atoms with Crippen LogP contribution < -0.4 is 0 Å². The van der Waals surface area contributed by atoms with Gasteiger partial charge in [0.2, 0.25) is 0 Å². The van der Waals surface area contributed by atoms with Crippen LogP contribution in [0, 0.1) is 23.2 Å². The van der Waals surface area contributed by atoms with Gasteiger partial charge in [-0.3, -0.25) is 9.59 Å². The van der Waals surface area contributed by atoms with E-state index in [0.29, 0.717) is 29.7 Å². The van der Waals surface area contributed by atoms with E-state index in [1.165, 1.54) is 12.8 Å². The van der Waals surface area contributed by atoms with Crippen LogP contribution in [0.2, 0.25) is 0 Å². The average molecular weight is 286 g/mol. The summed E-state index contributed by atoms with van der Waals surface area (Å²) < 4.78 is 0. The van der Waals surface area contributed by atoms with Gasteiger partial charge >= 0.3 is 0 Å². The molecule has 0 bridgehead atoms. The lowest BCUT2D eigenvalue weighted by molar-refractivity contribution is -0.131. The number of ketones is 1. The molecule has 0 aliphatic heterocycles. The van der Waals surface area contributed by atoms with E-state index in [1.54, 1.807) is 11.1 Å².